The van der Waals surface area contributed by atoms with Gasteiger partial charge in [0.1, 0.15) is 35.3 Å². The number of hydrogen-bond acceptors (Lipinski definition) is 16. The van der Waals surface area contributed by atoms with Crippen LogP contribution >= 0.6 is 0 Å². The fourth-order valence-electron chi connectivity index (χ4n) is 9.93. The SMILES string of the molecule is COc1cccc(C(=O)O[C@H]2C3[C@](C)(C(=O)[C@H](OC(=O)C4CC4)C4=C(C)[C@@H](OC(=O)[C@H](O)[C@H](C=C(C)C)NC(=O)OC(C)(C)C)C[C@]2(O)C4(C)C)[C@@H](O)C[C@H]2OC[C@@]32OC(C)=O)c1. The minimum Gasteiger partial charge on any atom is -0.497 e. The van der Waals surface area contributed by atoms with Gasteiger partial charge in [-0.15, -0.1) is 0 Å². The molecule has 11 atom stereocenters. The van der Waals surface area contributed by atoms with Crippen LogP contribution < -0.4 is 10.1 Å². The van der Waals surface area contributed by atoms with E-state index in [4.69, 9.17) is 33.2 Å². The van der Waals surface area contributed by atoms with Crippen molar-refractivity contribution in [2.24, 2.45) is 22.7 Å². The third kappa shape index (κ3) is 8.61. The third-order valence-corrected chi connectivity index (χ3v) is 13.4. The molecule has 5 aliphatic rings. The maximum atomic E-state index is 15.7. The van der Waals surface area contributed by atoms with Gasteiger partial charge in [-0.25, -0.2) is 14.4 Å². The molecule has 1 aliphatic heterocycles. The Labute approximate surface area is 366 Å². The molecule has 1 amide bonds. The topological polar surface area (TPSA) is 240 Å². The molecule has 1 saturated heterocycles. The molecule has 0 aromatic heterocycles. The van der Waals surface area contributed by atoms with Crippen molar-refractivity contribution in [1.29, 1.82) is 0 Å². The fourth-order valence-corrected chi connectivity index (χ4v) is 9.93. The molecule has 3 saturated carbocycles. The van der Waals surface area contributed by atoms with E-state index in [0.29, 0.717) is 24.2 Å². The summed E-state index contributed by atoms with van der Waals surface area (Å²) in [6.07, 6.45) is -9.07. The summed E-state index contributed by atoms with van der Waals surface area (Å²) >= 11 is 0. The zero-order valence-electron chi connectivity index (χ0n) is 37.8. The van der Waals surface area contributed by atoms with Gasteiger partial charge in [0, 0.05) is 25.2 Å². The molecule has 1 heterocycles. The number of nitrogens with one attached hydrogen (secondary N) is 1. The van der Waals surface area contributed by atoms with Gasteiger partial charge in [-0.2, -0.15) is 0 Å². The first kappa shape index (κ1) is 47.6. The van der Waals surface area contributed by atoms with E-state index < -0.39 is 124 Å². The van der Waals surface area contributed by atoms with Crippen molar-refractivity contribution in [2.45, 2.75) is 154 Å². The van der Waals surface area contributed by atoms with E-state index in [1.165, 1.54) is 39.2 Å². The normalized spacial score (nSPS) is 33.0. The smallest absolute Gasteiger partial charge is 0.408 e. The molecule has 4 N–H and O–H groups in total. The largest absolute Gasteiger partial charge is 0.497 e. The molecule has 17 heteroatoms. The van der Waals surface area contributed by atoms with Gasteiger partial charge in [-0.1, -0.05) is 31.6 Å². The molecule has 4 fully saturated rings. The summed E-state index contributed by atoms with van der Waals surface area (Å²) in [7, 11) is 1.41. The highest BCUT2D eigenvalue weighted by Gasteiger charge is 2.78. The van der Waals surface area contributed by atoms with E-state index >= 15 is 4.79 Å². The van der Waals surface area contributed by atoms with Crippen molar-refractivity contribution in [1.82, 2.24) is 5.32 Å². The molecule has 6 rings (SSSR count). The lowest BCUT2D eigenvalue weighted by atomic mass is 9.44. The van der Waals surface area contributed by atoms with Crippen LogP contribution in [0, 0.1) is 22.7 Å². The van der Waals surface area contributed by atoms with Crippen molar-refractivity contribution in [3.8, 4) is 5.75 Å². The van der Waals surface area contributed by atoms with Crippen molar-refractivity contribution in [3.63, 3.8) is 0 Å². The van der Waals surface area contributed by atoms with Gasteiger partial charge in [0.25, 0.3) is 0 Å². The Balaban J connectivity index is 1.56. The minimum atomic E-state index is -2.42. The second-order valence-electron chi connectivity index (χ2n) is 19.5. The number of amides is 1. The van der Waals surface area contributed by atoms with E-state index in [-0.39, 0.29) is 29.7 Å². The monoisotopic (exact) mass is 883 g/mol. The summed E-state index contributed by atoms with van der Waals surface area (Å²) < 4.78 is 41.4. The number of aliphatic hydroxyl groups is 3. The van der Waals surface area contributed by atoms with Crippen molar-refractivity contribution < 1.29 is 77.2 Å². The van der Waals surface area contributed by atoms with Crippen LogP contribution in [-0.4, -0.2) is 124 Å². The molecule has 0 radical (unpaired) electrons. The third-order valence-electron chi connectivity index (χ3n) is 13.4. The predicted octanol–water partition coefficient (Wildman–Crippen LogP) is 3.82. The number of ether oxygens (including phenoxy) is 7. The minimum absolute atomic E-state index is 0.0121. The number of carbonyl (C=O) groups excluding carboxylic acids is 6. The highest BCUT2D eigenvalue weighted by Crippen LogP contribution is 2.64. The molecule has 1 aromatic carbocycles. The fraction of sp³-hybridized carbons (Fsp3) is 0.652. The van der Waals surface area contributed by atoms with Crippen molar-refractivity contribution in [2.75, 3.05) is 13.7 Å². The number of hydrogen-bond donors (Lipinski definition) is 4. The summed E-state index contributed by atoms with van der Waals surface area (Å²) in [5.41, 5.74) is -8.08. The van der Waals surface area contributed by atoms with Crippen LogP contribution in [0.4, 0.5) is 4.79 Å². The number of methoxy groups -OCH3 is 1. The molecule has 17 nitrogen and oxygen atoms in total. The molecular formula is C46H61NO16. The van der Waals surface area contributed by atoms with Gasteiger partial charge in [-0.05, 0) is 90.7 Å². The highest BCUT2D eigenvalue weighted by atomic mass is 16.6. The molecular weight excluding hydrogens is 822 g/mol. The van der Waals surface area contributed by atoms with E-state index in [1.807, 2.05) is 0 Å². The first-order chi connectivity index (χ1) is 29.2. The van der Waals surface area contributed by atoms with Gasteiger partial charge in [0.2, 0.25) is 0 Å². The van der Waals surface area contributed by atoms with E-state index in [0.717, 1.165) is 6.92 Å². The predicted molar refractivity (Wildman–Crippen MR) is 221 cm³/mol. The van der Waals surface area contributed by atoms with Crippen LogP contribution in [0.2, 0.25) is 0 Å². The molecule has 0 spiro atoms. The Bertz CT molecular complexity index is 2100. The first-order valence-electron chi connectivity index (χ1n) is 21.3. The van der Waals surface area contributed by atoms with Crippen LogP contribution in [-0.2, 0) is 47.6 Å². The van der Waals surface area contributed by atoms with Crippen molar-refractivity contribution in [3.05, 3.63) is 52.6 Å². The lowest BCUT2D eigenvalue weighted by Gasteiger charge is -2.67. The Morgan fingerprint density at radius 1 is 1.02 bits per heavy atom. The summed E-state index contributed by atoms with van der Waals surface area (Å²) in [5.74, 6) is -6.36. The number of aliphatic hydroxyl groups excluding tert-OH is 2. The van der Waals surface area contributed by atoms with Gasteiger partial charge >= 0.3 is 30.0 Å². The highest BCUT2D eigenvalue weighted by molar-refractivity contribution is 5.96. The van der Waals surface area contributed by atoms with Crippen LogP contribution in [0.5, 0.6) is 5.75 Å². The number of alkyl carbamates (subject to hydrolysis) is 1. The molecule has 346 valence electrons. The molecule has 4 aliphatic carbocycles. The Hall–Kier alpha value is -4.84. The van der Waals surface area contributed by atoms with Crippen LogP contribution in [0.25, 0.3) is 0 Å². The maximum absolute atomic E-state index is 15.7. The van der Waals surface area contributed by atoms with E-state index in [9.17, 15) is 39.3 Å². The number of fused-ring (bicyclic) bond motifs is 5. The summed E-state index contributed by atoms with van der Waals surface area (Å²) in [5, 5.41) is 40.0. The van der Waals surface area contributed by atoms with Gasteiger partial charge in [0.15, 0.2) is 23.6 Å². The Morgan fingerprint density at radius 3 is 2.24 bits per heavy atom. The average Bonchev–Trinajstić information content (AvgIpc) is 4.03. The standard InChI is InChI=1S/C46H61NO16/c1-22(2)17-28(47-41(55)63-42(5,6)7)33(50)40(54)59-29-20-46(56)37(61-39(53)26-13-12-14-27(18-26)57-11)35-44(10,30(49)19-31-45(35,21-58-31)62-24(4)48)36(51)34(60-38(52)25-15-16-25)32(23(29)3)43(46,8)9/h12-14,17-18,25,28-31,33-35,37,49-50,56H,15-16,19-21H2,1-11H3,(H,47,55)/t28-,29-,30-,31+,33+,34+,35?,37-,44+,45-,46+/m0/s1. The number of carbonyl (C=O) groups is 6. The summed E-state index contributed by atoms with van der Waals surface area (Å²) in [6.45, 7) is 15.2. The quantitative estimate of drug-likeness (QED) is 0.140. The zero-order chi connectivity index (χ0) is 46.8. The Morgan fingerprint density at radius 2 is 1.68 bits per heavy atom. The van der Waals surface area contributed by atoms with Gasteiger partial charge < -0.3 is 53.8 Å². The van der Waals surface area contributed by atoms with Gasteiger partial charge in [0.05, 0.1) is 48.7 Å². The number of esters is 4. The van der Waals surface area contributed by atoms with Crippen molar-refractivity contribution >= 4 is 35.8 Å². The second kappa shape index (κ2) is 16.9. The number of Topliss-reactive ketones (excluding diaryl/α,β-unsaturated/α-hetero) is 1. The van der Waals surface area contributed by atoms with Crippen LogP contribution in [0.1, 0.15) is 105 Å². The number of rotatable bonds is 11. The van der Waals surface area contributed by atoms with E-state index in [1.54, 1.807) is 60.6 Å². The van der Waals surface area contributed by atoms with E-state index in [2.05, 4.69) is 5.32 Å². The molecule has 1 aromatic rings. The zero-order valence-corrected chi connectivity index (χ0v) is 37.8. The lowest BCUT2D eigenvalue weighted by molar-refractivity contribution is -0.346. The maximum Gasteiger partial charge on any atom is 0.408 e. The van der Waals surface area contributed by atoms with Crippen LogP contribution in [0.3, 0.4) is 0 Å². The Kier molecular flexibility index (Phi) is 12.8. The number of benzene rings is 1. The average molecular weight is 884 g/mol. The molecule has 1 unspecified atom stereocenters. The number of ketones is 1. The van der Waals surface area contributed by atoms with Gasteiger partial charge in [-0.3, -0.25) is 14.4 Å². The summed E-state index contributed by atoms with van der Waals surface area (Å²) in [4.78, 5) is 84.0. The first-order valence-corrected chi connectivity index (χ1v) is 21.3. The molecule has 63 heavy (non-hydrogen) atoms. The number of allylic oxidation sites excluding steroid dienone is 1. The summed E-state index contributed by atoms with van der Waals surface area (Å²) in [6, 6.07) is 4.65. The van der Waals surface area contributed by atoms with Crippen LogP contribution in [0.15, 0.2) is 47.1 Å². The lowest BCUT2D eigenvalue weighted by Crippen LogP contribution is -2.82. The second-order valence-corrected chi connectivity index (χ2v) is 19.5. The molecule has 2 bridgehead atoms.